The normalized spacial score (nSPS) is 9.00. The number of benzene rings is 1. The minimum absolute atomic E-state index is 0.445. The number of hydrogen-bond donors (Lipinski definition) is 0. The van der Waals surface area contributed by atoms with E-state index in [9.17, 15) is 0 Å². The molecule has 0 bridgehead atoms. The van der Waals surface area contributed by atoms with Gasteiger partial charge >= 0.3 is 0 Å². The Hall–Kier alpha value is -1.14. The molecule has 0 spiro atoms. The molecule has 12 heavy (non-hydrogen) atoms. The Morgan fingerprint density at radius 3 is 2.92 bits per heavy atom. The van der Waals surface area contributed by atoms with E-state index in [4.69, 9.17) is 11.3 Å². The van der Waals surface area contributed by atoms with Crippen molar-refractivity contribution in [1.29, 1.82) is 0 Å². The van der Waals surface area contributed by atoms with Gasteiger partial charge in [0.05, 0.1) is 12.0 Å². The molecule has 1 aromatic carbocycles. The van der Waals surface area contributed by atoms with E-state index >= 15 is 0 Å². The fourth-order valence-corrected chi connectivity index (χ4v) is 1.51. The second kappa shape index (κ2) is 4.68. The second-order valence-electron chi connectivity index (χ2n) is 2.08. The van der Waals surface area contributed by atoms with Crippen LogP contribution in [0.3, 0.4) is 0 Å². The molecule has 0 amide bonds. The molecular formula is C9H9NOS. The van der Waals surface area contributed by atoms with Crippen LogP contribution < -0.4 is 4.74 Å². The fourth-order valence-electron chi connectivity index (χ4n) is 0.840. The zero-order valence-electron chi connectivity index (χ0n) is 6.78. The molecule has 0 aliphatic heterocycles. The molecule has 0 heterocycles. The van der Waals surface area contributed by atoms with Crippen molar-refractivity contribution in [3.05, 3.63) is 35.7 Å². The molecule has 0 fully saturated rings. The minimum atomic E-state index is 0.445. The summed E-state index contributed by atoms with van der Waals surface area (Å²) in [7, 11) is 1.64. The summed E-state index contributed by atoms with van der Waals surface area (Å²) in [5.41, 5.74) is 0. The number of methoxy groups -OCH3 is 1. The van der Waals surface area contributed by atoms with Gasteiger partial charge in [-0.25, -0.2) is 6.57 Å². The van der Waals surface area contributed by atoms with Gasteiger partial charge in [-0.05, 0) is 23.9 Å². The summed E-state index contributed by atoms with van der Waals surface area (Å²) < 4.78 is 5.12. The van der Waals surface area contributed by atoms with E-state index in [0.29, 0.717) is 5.88 Å². The van der Waals surface area contributed by atoms with Gasteiger partial charge in [0.1, 0.15) is 5.75 Å². The summed E-state index contributed by atoms with van der Waals surface area (Å²) >= 11 is 1.49. The van der Waals surface area contributed by atoms with Crippen molar-refractivity contribution < 1.29 is 4.74 Å². The molecule has 1 aromatic rings. The number of ether oxygens (including phenoxy) is 1. The van der Waals surface area contributed by atoms with Crippen LogP contribution in [0, 0.1) is 6.57 Å². The molecule has 3 heteroatoms. The number of rotatable bonds is 3. The highest BCUT2D eigenvalue weighted by atomic mass is 32.2. The van der Waals surface area contributed by atoms with E-state index in [1.807, 2.05) is 24.3 Å². The summed E-state index contributed by atoms with van der Waals surface area (Å²) in [5, 5.41) is 0. The quantitative estimate of drug-likeness (QED) is 0.523. The SMILES string of the molecule is [C-]#[N+]CSc1ccccc1OC. The van der Waals surface area contributed by atoms with Crippen LogP contribution in [0.2, 0.25) is 0 Å². The van der Waals surface area contributed by atoms with E-state index in [-0.39, 0.29) is 0 Å². The molecule has 0 N–H and O–H groups in total. The first-order valence-corrected chi connectivity index (χ1v) is 4.46. The summed E-state index contributed by atoms with van der Waals surface area (Å²) in [6.07, 6.45) is 0. The van der Waals surface area contributed by atoms with Crippen molar-refractivity contribution in [2.75, 3.05) is 13.0 Å². The molecular weight excluding hydrogens is 170 g/mol. The standard InChI is InChI=1S/C9H9NOS/c1-10-7-12-9-6-4-3-5-8(9)11-2/h3-6H,7H2,2H3. The Labute approximate surface area is 76.4 Å². The zero-order valence-corrected chi connectivity index (χ0v) is 7.60. The van der Waals surface area contributed by atoms with E-state index in [2.05, 4.69) is 4.85 Å². The number of hydrogen-bond acceptors (Lipinski definition) is 2. The lowest BCUT2D eigenvalue weighted by molar-refractivity contribution is 0.405. The van der Waals surface area contributed by atoms with Gasteiger partial charge in [0, 0.05) is 0 Å². The summed E-state index contributed by atoms with van der Waals surface area (Å²) in [4.78, 5) is 4.29. The van der Waals surface area contributed by atoms with Gasteiger partial charge < -0.3 is 9.58 Å². The first-order chi connectivity index (χ1) is 5.88. The van der Waals surface area contributed by atoms with Crippen LogP contribution in [0.4, 0.5) is 0 Å². The van der Waals surface area contributed by atoms with Gasteiger partial charge in [-0.3, -0.25) is 0 Å². The molecule has 0 radical (unpaired) electrons. The number of thioether (sulfide) groups is 1. The minimum Gasteiger partial charge on any atom is -0.496 e. The molecule has 0 saturated carbocycles. The average molecular weight is 179 g/mol. The monoisotopic (exact) mass is 179 g/mol. The Balaban J connectivity index is 2.76. The largest absolute Gasteiger partial charge is 0.496 e. The Morgan fingerprint density at radius 2 is 2.25 bits per heavy atom. The van der Waals surface area contributed by atoms with Crippen LogP contribution in [0.5, 0.6) is 5.75 Å². The molecule has 1 rings (SSSR count). The van der Waals surface area contributed by atoms with Gasteiger partial charge in [0.15, 0.2) is 0 Å². The Bertz CT molecular complexity index is 293. The molecule has 0 atom stereocenters. The Kier molecular flexibility index (Phi) is 3.49. The van der Waals surface area contributed by atoms with Crippen LogP contribution in [-0.2, 0) is 0 Å². The fraction of sp³-hybridized carbons (Fsp3) is 0.222. The summed E-state index contributed by atoms with van der Waals surface area (Å²) in [5.74, 6) is 1.28. The molecule has 0 aliphatic carbocycles. The molecule has 2 nitrogen and oxygen atoms in total. The van der Waals surface area contributed by atoms with Crippen molar-refractivity contribution in [3.63, 3.8) is 0 Å². The van der Waals surface area contributed by atoms with Crippen LogP contribution in [0.25, 0.3) is 4.85 Å². The highest BCUT2D eigenvalue weighted by Gasteiger charge is 2.01. The molecule has 0 saturated heterocycles. The number of para-hydroxylation sites is 1. The van der Waals surface area contributed by atoms with Crippen molar-refractivity contribution in [2.24, 2.45) is 0 Å². The molecule has 0 aromatic heterocycles. The van der Waals surface area contributed by atoms with Gasteiger partial charge in [0.2, 0.25) is 0 Å². The predicted molar refractivity (Wildman–Crippen MR) is 50.3 cm³/mol. The van der Waals surface area contributed by atoms with E-state index in [1.165, 1.54) is 11.8 Å². The smallest absolute Gasteiger partial charge is 0.264 e. The van der Waals surface area contributed by atoms with Gasteiger partial charge in [-0.15, -0.1) is 0 Å². The van der Waals surface area contributed by atoms with Crippen molar-refractivity contribution in [1.82, 2.24) is 0 Å². The van der Waals surface area contributed by atoms with Gasteiger partial charge in [0.25, 0.3) is 5.88 Å². The van der Waals surface area contributed by atoms with Crippen molar-refractivity contribution in [2.45, 2.75) is 4.90 Å². The van der Waals surface area contributed by atoms with Crippen LogP contribution in [0.1, 0.15) is 0 Å². The van der Waals surface area contributed by atoms with E-state index in [1.54, 1.807) is 7.11 Å². The second-order valence-corrected chi connectivity index (χ2v) is 3.07. The highest BCUT2D eigenvalue weighted by molar-refractivity contribution is 7.99. The van der Waals surface area contributed by atoms with Crippen LogP contribution in [-0.4, -0.2) is 13.0 Å². The third-order valence-corrected chi connectivity index (χ3v) is 2.26. The molecule has 0 unspecified atom stereocenters. The summed E-state index contributed by atoms with van der Waals surface area (Å²) in [6, 6.07) is 7.70. The average Bonchev–Trinajstić information content (AvgIpc) is 2.15. The lowest BCUT2D eigenvalue weighted by atomic mass is 10.3. The molecule has 62 valence electrons. The van der Waals surface area contributed by atoms with Crippen molar-refractivity contribution >= 4 is 11.8 Å². The molecule has 0 aliphatic rings. The zero-order chi connectivity index (χ0) is 8.81. The maximum Gasteiger partial charge on any atom is 0.264 e. The first kappa shape index (κ1) is 8.95. The Morgan fingerprint density at radius 1 is 1.50 bits per heavy atom. The van der Waals surface area contributed by atoms with Crippen molar-refractivity contribution in [3.8, 4) is 5.75 Å². The van der Waals surface area contributed by atoms with Crippen LogP contribution >= 0.6 is 11.8 Å². The first-order valence-electron chi connectivity index (χ1n) is 3.47. The third-order valence-electron chi connectivity index (χ3n) is 1.35. The van der Waals surface area contributed by atoms with Crippen LogP contribution in [0.15, 0.2) is 29.2 Å². The predicted octanol–water partition coefficient (Wildman–Crippen LogP) is 2.66. The topological polar surface area (TPSA) is 13.6 Å². The maximum absolute atomic E-state index is 6.64. The van der Waals surface area contributed by atoms with Gasteiger partial charge in [-0.1, -0.05) is 12.1 Å². The van der Waals surface area contributed by atoms with Gasteiger partial charge in [-0.2, -0.15) is 0 Å². The highest BCUT2D eigenvalue weighted by Crippen LogP contribution is 2.28. The third kappa shape index (κ3) is 2.18. The summed E-state index contributed by atoms with van der Waals surface area (Å²) in [6.45, 7) is 6.64. The maximum atomic E-state index is 6.64. The lowest BCUT2D eigenvalue weighted by Crippen LogP contribution is -1.84. The number of nitrogens with zero attached hydrogens (tertiary/aromatic N) is 1. The van der Waals surface area contributed by atoms with E-state index in [0.717, 1.165) is 10.6 Å². The lowest BCUT2D eigenvalue weighted by Gasteiger charge is -2.03. The van der Waals surface area contributed by atoms with E-state index < -0.39 is 0 Å².